The molecular formula is C20H23IN4O2. The first-order chi connectivity index (χ1) is 13.1. The fourth-order valence-corrected chi connectivity index (χ4v) is 3.54. The zero-order valence-corrected chi connectivity index (χ0v) is 17.2. The van der Waals surface area contributed by atoms with Gasteiger partial charge in [-0.3, -0.25) is 19.4 Å². The summed E-state index contributed by atoms with van der Waals surface area (Å²) >= 11 is 2.23. The average molecular weight is 478 g/mol. The van der Waals surface area contributed by atoms with Gasteiger partial charge in [0.05, 0.1) is 13.1 Å². The SMILES string of the molecule is O=C(CN1CCN(CC(=O)Nc2cccc(I)c2)CC1)Nc1ccccc1. The maximum atomic E-state index is 12.2. The van der Waals surface area contributed by atoms with Crippen molar-refractivity contribution < 1.29 is 9.59 Å². The van der Waals surface area contributed by atoms with Crippen molar-refractivity contribution in [3.63, 3.8) is 0 Å². The molecule has 27 heavy (non-hydrogen) atoms. The predicted octanol–water partition coefficient (Wildman–Crippen LogP) is 2.49. The third kappa shape index (κ3) is 6.60. The molecule has 0 atom stereocenters. The van der Waals surface area contributed by atoms with Gasteiger partial charge in [-0.15, -0.1) is 0 Å². The van der Waals surface area contributed by atoms with Crippen molar-refractivity contribution in [2.75, 3.05) is 49.9 Å². The Kier molecular flexibility index (Phi) is 7.19. The van der Waals surface area contributed by atoms with Crippen molar-refractivity contribution in [2.45, 2.75) is 0 Å². The fraction of sp³-hybridized carbons (Fsp3) is 0.300. The molecule has 7 heteroatoms. The van der Waals surface area contributed by atoms with Crippen molar-refractivity contribution in [3.8, 4) is 0 Å². The van der Waals surface area contributed by atoms with E-state index in [1.54, 1.807) is 0 Å². The standard InChI is InChI=1S/C20H23IN4O2/c21-16-5-4-8-18(13-16)23-20(27)15-25-11-9-24(10-12-25)14-19(26)22-17-6-2-1-3-7-17/h1-8,13H,9-12,14-15H2,(H,22,26)(H,23,27). The maximum Gasteiger partial charge on any atom is 0.238 e. The lowest BCUT2D eigenvalue weighted by Crippen LogP contribution is -2.50. The lowest BCUT2D eigenvalue weighted by molar-refractivity contribution is -0.120. The third-order valence-electron chi connectivity index (χ3n) is 4.37. The monoisotopic (exact) mass is 478 g/mol. The zero-order valence-electron chi connectivity index (χ0n) is 15.0. The highest BCUT2D eigenvalue weighted by atomic mass is 127. The molecule has 0 spiro atoms. The molecule has 1 saturated heterocycles. The Hall–Kier alpha value is -1.97. The first-order valence-corrected chi connectivity index (χ1v) is 10.0. The minimum absolute atomic E-state index is 0.00716. The minimum atomic E-state index is -0.00827. The van der Waals surface area contributed by atoms with Gasteiger partial charge < -0.3 is 10.6 Å². The summed E-state index contributed by atoms with van der Waals surface area (Å²) in [4.78, 5) is 28.6. The van der Waals surface area contributed by atoms with Crippen molar-refractivity contribution >= 4 is 45.8 Å². The Morgan fingerprint density at radius 1 is 0.778 bits per heavy atom. The van der Waals surface area contributed by atoms with E-state index in [4.69, 9.17) is 0 Å². The first-order valence-electron chi connectivity index (χ1n) is 8.93. The summed E-state index contributed by atoms with van der Waals surface area (Å²) in [6, 6.07) is 17.2. The number of hydrogen-bond donors (Lipinski definition) is 2. The lowest BCUT2D eigenvalue weighted by atomic mass is 10.3. The quantitative estimate of drug-likeness (QED) is 0.627. The fourth-order valence-electron chi connectivity index (χ4n) is 3.00. The van der Waals surface area contributed by atoms with Crippen LogP contribution in [0.25, 0.3) is 0 Å². The molecule has 142 valence electrons. The average Bonchev–Trinajstić information content (AvgIpc) is 2.64. The second-order valence-corrected chi connectivity index (χ2v) is 7.77. The molecule has 0 aromatic heterocycles. The number of amides is 2. The summed E-state index contributed by atoms with van der Waals surface area (Å²) in [7, 11) is 0. The molecule has 2 aromatic carbocycles. The molecule has 0 unspecified atom stereocenters. The lowest BCUT2D eigenvalue weighted by Gasteiger charge is -2.33. The van der Waals surface area contributed by atoms with Crippen molar-refractivity contribution in [1.82, 2.24) is 9.80 Å². The molecule has 0 saturated carbocycles. The van der Waals surface area contributed by atoms with E-state index in [-0.39, 0.29) is 11.8 Å². The number of benzene rings is 2. The number of carbonyl (C=O) groups excluding carboxylic acids is 2. The van der Waals surface area contributed by atoms with Gasteiger partial charge in [-0.2, -0.15) is 0 Å². The van der Waals surface area contributed by atoms with Crippen LogP contribution in [0.4, 0.5) is 11.4 Å². The highest BCUT2D eigenvalue weighted by Gasteiger charge is 2.20. The smallest absolute Gasteiger partial charge is 0.238 e. The minimum Gasteiger partial charge on any atom is -0.325 e. The summed E-state index contributed by atoms with van der Waals surface area (Å²) in [6.45, 7) is 3.85. The highest BCUT2D eigenvalue weighted by molar-refractivity contribution is 14.1. The second kappa shape index (κ2) is 9.82. The molecule has 2 amide bonds. The Bertz CT molecular complexity index is 777. The van der Waals surface area contributed by atoms with Crippen LogP contribution < -0.4 is 10.6 Å². The Labute approximate surface area is 173 Å². The van der Waals surface area contributed by atoms with Crippen LogP contribution in [-0.4, -0.2) is 60.9 Å². The number of rotatable bonds is 6. The summed E-state index contributed by atoms with van der Waals surface area (Å²) in [6.07, 6.45) is 0. The van der Waals surface area contributed by atoms with Crippen LogP contribution in [0.3, 0.4) is 0 Å². The van der Waals surface area contributed by atoms with Crippen LogP contribution in [0.15, 0.2) is 54.6 Å². The van der Waals surface area contributed by atoms with Crippen LogP contribution in [-0.2, 0) is 9.59 Å². The van der Waals surface area contributed by atoms with Crippen LogP contribution in [0.2, 0.25) is 0 Å². The molecule has 2 aromatic rings. The number of halogens is 1. The van der Waals surface area contributed by atoms with E-state index < -0.39 is 0 Å². The van der Waals surface area contributed by atoms with Gasteiger partial charge in [-0.05, 0) is 52.9 Å². The van der Waals surface area contributed by atoms with Crippen molar-refractivity contribution in [2.24, 2.45) is 0 Å². The molecular weight excluding hydrogens is 455 g/mol. The molecule has 1 aliphatic heterocycles. The molecule has 0 radical (unpaired) electrons. The van der Waals surface area contributed by atoms with Gasteiger partial charge in [0.15, 0.2) is 0 Å². The Balaban J connectivity index is 1.38. The topological polar surface area (TPSA) is 64.7 Å². The van der Waals surface area contributed by atoms with Crippen LogP contribution in [0.5, 0.6) is 0 Å². The molecule has 1 fully saturated rings. The summed E-state index contributed by atoms with van der Waals surface area (Å²) in [5.74, 6) is -0.0154. The number of piperazine rings is 1. The summed E-state index contributed by atoms with van der Waals surface area (Å²) in [5.41, 5.74) is 1.64. The molecule has 2 N–H and O–H groups in total. The van der Waals surface area contributed by atoms with Gasteiger partial charge in [0.1, 0.15) is 0 Å². The number of nitrogens with zero attached hydrogens (tertiary/aromatic N) is 2. The van der Waals surface area contributed by atoms with Crippen LogP contribution in [0, 0.1) is 3.57 Å². The summed E-state index contributed by atoms with van der Waals surface area (Å²) < 4.78 is 1.09. The van der Waals surface area contributed by atoms with Crippen molar-refractivity contribution in [3.05, 3.63) is 58.2 Å². The van der Waals surface area contributed by atoms with E-state index in [2.05, 4.69) is 43.0 Å². The number of anilines is 2. The molecule has 3 rings (SSSR count). The number of para-hydroxylation sites is 1. The van der Waals surface area contributed by atoms with Gasteiger partial charge in [0.25, 0.3) is 0 Å². The van der Waals surface area contributed by atoms with Crippen LogP contribution >= 0.6 is 22.6 Å². The number of carbonyl (C=O) groups is 2. The second-order valence-electron chi connectivity index (χ2n) is 6.53. The maximum absolute atomic E-state index is 12.2. The molecule has 0 bridgehead atoms. The van der Waals surface area contributed by atoms with E-state index >= 15 is 0 Å². The highest BCUT2D eigenvalue weighted by Crippen LogP contribution is 2.12. The third-order valence-corrected chi connectivity index (χ3v) is 5.04. The van der Waals surface area contributed by atoms with E-state index in [1.807, 2.05) is 54.6 Å². The van der Waals surface area contributed by atoms with Gasteiger partial charge in [0.2, 0.25) is 11.8 Å². The van der Waals surface area contributed by atoms with Gasteiger partial charge >= 0.3 is 0 Å². The zero-order chi connectivity index (χ0) is 19.1. The normalized spacial score (nSPS) is 15.3. The summed E-state index contributed by atoms with van der Waals surface area (Å²) in [5, 5.41) is 5.84. The van der Waals surface area contributed by atoms with E-state index in [0.29, 0.717) is 13.1 Å². The van der Waals surface area contributed by atoms with Crippen molar-refractivity contribution in [1.29, 1.82) is 0 Å². The predicted molar refractivity (Wildman–Crippen MR) is 116 cm³/mol. The molecule has 0 aliphatic carbocycles. The van der Waals surface area contributed by atoms with E-state index in [0.717, 1.165) is 41.1 Å². The van der Waals surface area contributed by atoms with Gasteiger partial charge in [0, 0.05) is 41.1 Å². The molecule has 1 heterocycles. The number of nitrogens with one attached hydrogen (secondary N) is 2. The van der Waals surface area contributed by atoms with Gasteiger partial charge in [-0.25, -0.2) is 0 Å². The van der Waals surface area contributed by atoms with E-state index in [1.165, 1.54) is 0 Å². The Morgan fingerprint density at radius 3 is 1.85 bits per heavy atom. The van der Waals surface area contributed by atoms with E-state index in [9.17, 15) is 9.59 Å². The molecule has 1 aliphatic rings. The first kappa shape index (κ1) is 19.8. The van der Waals surface area contributed by atoms with Gasteiger partial charge in [-0.1, -0.05) is 24.3 Å². The number of hydrogen-bond acceptors (Lipinski definition) is 4. The van der Waals surface area contributed by atoms with Crippen LogP contribution in [0.1, 0.15) is 0 Å². The molecule has 6 nitrogen and oxygen atoms in total. The Morgan fingerprint density at radius 2 is 1.30 bits per heavy atom. The largest absolute Gasteiger partial charge is 0.325 e.